The van der Waals surface area contributed by atoms with Gasteiger partial charge in [0.2, 0.25) is 5.91 Å². The number of carbonyl (C=O) groups is 2. The quantitative estimate of drug-likeness (QED) is 0.356. The molecule has 0 aromatic rings. The molecule has 0 radical (unpaired) electrons. The van der Waals surface area contributed by atoms with E-state index in [0.717, 1.165) is 45.3 Å². The zero-order valence-corrected chi connectivity index (χ0v) is 15.0. The summed E-state index contributed by atoms with van der Waals surface area (Å²) in [6.45, 7) is 7.87. The van der Waals surface area contributed by atoms with Gasteiger partial charge >= 0.3 is 0 Å². The van der Waals surface area contributed by atoms with Crippen LogP contribution in [0.3, 0.4) is 0 Å². The summed E-state index contributed by atoms with van der Waals surface area (Å²) in [5, 5.41) is 12.0. The van der Waals surface area contributed by atoms with Gasteiger partial charge < -0.3 is 15.1 Å². The molecule has 24 heavy (non-hydrogen) atoms. The van der Waals surface area contributed by atoms with Crippen LogP contribution in [-0.2, 0) is 9.59 Å². The monoisotopic (exact) mass is 334 g/mol. The molecule has 1 heterocycles. The largest absolute Gasteiger partial charge is 0.376 e. The molecule has 0 atom stereocenters. The lowest BCUT2D eigenvalue weighted by atomic mass is 10.2. The zero-order valence-electron chi connectivity index (χ0n) is 15.0. The molecule has 1 N–H and O–H groups in total. The van der Waals surface area contributed by atoms with E-state index in [0.29, 0.717) is 25.9 Å². The molecule has 1 rings (SSSR count). The van der Waals surface area contributed by atoms with Crippen LogP contribution < -0.4 is 5.32 Å². The van der Waals surface area contributed by atoms with E-state index in [1.807, 2.05) is 15.9 Å². The Morgan fingerprint density at radius 1 is 1.33 bits per heavy atom. The third-order valence-corrected chi connectivity index (χ3v) is 4.05. The molecule has 1 saturated heterocycles. The van der Waals surface area contributed by atoms with Crippen molar-refractivity contribution < 1.29 is 9.59 Å². The molecule has 2 amide bonds. The molecule has 1 fully saturated rings. The van der Waals surface area contributed by atoms with E-state index >= 15 is 0 Å². The van der Waals surface area contributed by atoms with Crippen molar-refractivity contribution in [3.8, 4) is 6.07 Å². The molecule has 0 spiro atoms. The fourth-order valence-electron chi connectivity index (χ4n) is 2.72. The average Bonchev–Trinajstić information content (AvgIpc) is 2.99. The van der Waals surface area contributed by atoms with E-state index in [9.17, 15) is 14.9 Å². The Labute approximate surface area is 145 Å². The molecule has 0 aliphatic carbocycles. The van der Waals surface area contributed by atoms with Crippen LogP contribution in [0.2, 0.25) is 0 Å². The van der Waals surface area contributed by atoms with Crippen molar-refractivity contribution >= 4 is 11.8 Å². The topological polar surface area (TPSA) is 76.4 Å². The van der Waals surface area contributed by atoms with Gasteiger partial charge in [-0.25, -0.2) is 0 Å². The van der Waals surface area contributed by atoms with Gasteiger partial charge in [0.1, 0.15) is 11.6 Å². The van der Waals surface area contributed by atoms with E-state index < -0.39 is 0 Å². The predicted octanol–water partition coefficient (Wildman–Crippen LogP) is 2.03. The van der Waals surface area contributed by atoms with E-state index in [-0.39, 0.29) is 17.4 Å². The molecule has 0 aromatic carbocycles. The number of hydrogen-bond donors (Lipinski definition) is 1. The molecule has 134 valence electrons. The van der Waals surface area contributed by atoms with Crippen molar-refractivity contribution in [1.82, 2.24) is 15.1 Å². The van der Waals surface area contributed by atoms with E-state index in [1.165, 1.54) is 0 Å². The average molecular weight is 334 g/mol. The molecule has 1 aliphatic rings. The maximum Gasteiger partial charge on any atom is 0.263 e. The minimum absolute atomic E-state index is 0.150. The molecule has 6 nitrogen and oxygen atoms in total. The summed E-state index contributed by atoms with van der Waals surface area (Å²) < 4.78 is 0. The second-order valence-corrected chi connectivity index (χ2v) is 6.14. The first kappa shape index (κ1) is 20.0. The highest BCUT2D eigenvalue weighted by atomic mass is 16.2. The van der Waals surface area contributed by atoms with Crippen LogP contribution in [-0.4, -0.2) is 54.3 Å². The minimum Gasteiger partial charge on any atom is -0.376 e. The molecular formula is C18H30N4O2. The van der Waals surface area contributed by atoms with Gasteiger partial charge in [-0.2, -0.15) is 5.26 Å². The van der Waals surface area contributed by atoms with Crippen LogP contribution in [0.4, 0.5) is 0 Å². The van der Waals surface area contributed by atoms with Gasteiger partial charge in [-0.1, -0.05) is 20.3 Å². The van der Waals surface area contributed by atoms with Crippen molar-refractivity contribution in [1.29, 1.82) is 5.26 Å². The molecular weight excluding hydrogens is 304 g/mol. The van der Waals surface area contributed by atoms with Crippen molar-refractivity contribution in [3.05, 3.63) is 11.8 Å². The molecule has 0 aromatic heterocycles. The summed E-state index contributed by atoms with van der Waals surface area (Å²) in [6.07, 6.45) is 7.06. The normalized spacial score (nSPS) is 14.6. The Morgan fingerprint density at radius 2 is 2.12 bits per heavy atom. The Morgan fingerprint density at radius 3 is 2.71 bits per heavy atom. The summed E-state index contributed by atoms with van der Waals surface area (Å²) in [5.41, 5.74) is 0.150. The number of likely N-dealkylation sites (tertiary alicyclic amines) is 1. The standard InChI is InChI=1S/C18H30N4O2/c1-3-5-11-21(10-4-2)15-16(14-19)18(24)20-9-7-13-22-12-6-8-17(22)23/h15H,3-13H2,1-2H3,(H,20,24)/b16-15-. The minimum atomic E-state index is -0.331. The fourth-order valence-corrected chi connectivity index (χ4v) is 2.72. The lowest BCUT2D eigenvalue weighted by Crippen LogP contribution is -2.31. The van der Waals surface area contributed by atoms with Gasteiger partial charge in [0.25, 0.3) is 5.91 Å². The van der Waals surface area contributed by atoms with E-state index in [1.54, 1.807) is 6.20 Å². The summed E-state index contributed by atoms with van der Waals surface area (Å²) in [6, 6.07) is 2.00. The zero-order chi connectivity index (χ0) is 17.8. The Kier molecular flexibility index (Phi) is 9.59. The van der Waals surface area contributed by atoms with Crippen LogP contribution in [0, 0.1) is 11.3 Å². The highest BCUT2D eigenvalue weighted by molar-refractivity contribution is 5.97. The highest BCUT2D eigenvalue weighted by Crippen LogP contribution is 2.09. The number of unbranched alkanes of at least 4 members (excludes halogenated alkanes) is 1. The number of nitriles is 1. The first-order valence-corrected chi connectivity index (χ1v) is 9.04. The van der Waals surface area contributed by atoms with Crippen LogP contribution in [0.25, 0.3) is 0 Å². The molecule has 0 saturated carbocycles. The number of rotatable bonds is 11. The van der Waals surface area contributed by atoms with Crippen LogP contribution >= 0.6 is 0 Å². The van der Waals surface area contributed by atoms with Crippen LogP contribution in [0.15, 0.2) is 11.8 Å². The Bertz CT molecular complexity index is 482. The highest BCUT2D eigenvalue weighted by Gasteiger charge is 2.19. The first-order valence-electron chi connectivity index (χ1n) is 9.04. The maximum atomic E-state index is 12.1. The van der Waals surface area contributed by atoms with Gasteiger partial charge in [0.15, 0.2) is 0 Å². The maximum absolute atomic E-state index is 12.1. The number of nitrogens with one attached hydrogen (secondary N) is 1. The number of hydrogen-bond acceptors (Lipinski definition) is 4. The second-order valence-electron chi connectivity index (χ2n) is 6.14. The van der Waals surface area contributed by atoms with Gasteiger partial charge in [-0.05, 0) is 25.7 Å². The Balaban J connectivity index is 2.42. The van der Waals surface area contributed by atoms with Gasteiger partial charge in [-0.15, -0.1) is 0 Å². The van der Waals surface area contributed by atoms with E-state index in [4.69, 9.17) is 0 Å². The summed E-state index contributed by atoms with van der Waals surface area (Å²) in [4.78, 5) is 27.5. The van der Waals surface area contributed by atoms with Crippen molar-refractivity contribution in [2.45, 2.75) is 52.4 Å². The number of nitrogens with zero attached hydrogens (tertiary/aromatic N) is 3. The van der Waals surface area contributed by atoms with Crippen LogP contribution in [0.1, 0.15) is 52.4 Å². The van der Waals surface area contributed by atoms with Crippen molar-refractivity contribution in [3.63, 3.8) is 0 Å². The lowest BCUT2D eigenvalue weighted by molar-refractivity contribution is -0.127. The smallest absolute Gasteiger partial charge is 0.263 e. The SMILES string of the molecule is CCCCN(/C=C(/C#N)C(=O)NCCCN1CCCC1=O)CCC. The molecule has 1 aliphatic heterocycles. The molecule has 6 heteroatoms. The van der Waals surface area contributed by atoms with E-state index in [2.05, 4.69) is 19.2 Å². The number of carbonyl (C=O) groups excluding carboxylic acids is 2. The number of amides is 2. The molecule has 0 bridgehead atoms. The van der Waals surface area contributed by atoms with Crippen LogP contribution in [0.5, 0.6) is 0 Å². The summed E-state index contributed by atoms with van der Waals surface area (Å²) in [5.74, 6) is -0.132. The second kappa shape index (κ2) is 11.5. The third kappa shape index (κ3) is 7.03. The predicted molar refractivity (Wildman–Crippen MR) is 93.9 cm³/mol. The Hall–Kier alpha value is -2.03. The van der Waals surface area contributed by atoms with Gasteiger partial charge in [0.05, 0.1) is 0 Å². The van der Waals surface area contributed by atoms with Gasteiger partial charge in [-0.3, -0.25) is 9.59 Å². The van der Waals surface area contributed by atoms with Gasteiger partial charge in [0, 0.05) is 45.3 Å². The molecule has 0 unspecified atom stereocenters. The van der Waals surface area contributed by atoms with Crippen molar-refractivity contribution in [2.24, 2.45) is 0 Å². The lowest BCUT2D eigenvalue weighted by Gasteiger charge is -2.20. The van der Waals surface area contributed by atoms with Crippen molar-refractivity contribution in [2.75, 3.05) is 32.7 Å². The summed E-state index contributed by atoms with van der Waals surface area (Å²) in [7, 11) is 0. The first-order chi connectivity index (χ1) is 11.6. The third-order valence-electron chi connectivity index (χ3n) is 4.05. The summed E-state index contributed by atoms with van der Waals surface area (Å²) >= 11 is 0. The fraction of sp³-hybridized carbons (Fsp3) is 0.722.